The molecule has 0 unspecified atom stereocenters. The van der Waals surface area contributed by atoms with Crippen LogP contribution in [0.5, 0.6) is 0 Å². The van der Waals surface area contributed by atoms with Crippen molar-refractivity contribution >= 4 is 21.5 Å². The van der Waals surface area contributed by atoms with Gasteiger partial charge >= 0.3 is 0 Å². The van der Waals surface area contributed by atoms with Gasteiger partial charge in [-0.05, 0) is 160 Å². The maximum Gasteiger partial charge on any atom is 0.0713 e. The zero-order chi connectivity index (χ0) is 43.5. The van der Waals surface area contributed by atoms with Crippen LogP contribution < -0.4 is 0 Å². The second kappa shape index (κ2) is 15.6. The third-order valence-electron chi connectivity index (χ3n) is 14.0. The van der Waals surface area contributed by atoms with Crippen molar-refractivity contribution in [3.05, 3.63) is 276 Å². The number of aryl methyl sites for hydroxylation is 2. The van der Waals surface area contributed by atoms with Crippen molar-refractivity contribution in [3.63, 3.8) is 0 Å². The van der Waals surface area contributed by atoms with Gasteiger partial charge in [-0.3, -0.25) is 0 Å². The van der Waals surface area contributed by atoms with Crippen LogP contribution in [-0.4, -0.2) is 0 Å². The highest BCUT2D eigenvalue weighted by atomic mass is 14.5. The predicted molar refractivity (Wildman–Crippen MR) is 275 cm³/mol. The molecule has 0 aliphatic heterocycles. The smallest absolute Gasteiger partial charge is 0.0622 e. The Bertz CT molecular complexity index is 3430. The minimum absolute atomic E-state index is 0.474. The first-order valence-corrected chi connectivity index (χ1v) is 22.7. The molecule has 0 heteroatoms. The van der Waals surface area contributed by atoms with E-state index in [0.717, 1.165) is 0 Å². The Labute approximate surface area is 381 Å². The van der Waals surface area contributed by atoms with E-state index in [2.05, 4.69) is 257 Å². The summed E-state index contributed by atoms with van der Waals surface area (Å²) in [6.45, 7) is 4.41. The second-order valence-corrected chi connectivity index (χ2v) is 17.6. The molecule has 12 rings (SSSR count). The molecule has 0 nitrogen and oxygen atoms in total. The summed E-state index contributed by atoms with van der Waals surface area (Å²) in [4.78, 5) is 0. The zero-order valence-corrected chi connectivity index (χ0v) is 36.6. The number of benzene rings is 11. The van der Waals surface area contributed by atoms with Gasteiger partial charge in [-0.1, -0.05) is 218 Å². The van der Waals surface area contributed by atoms with Crippen LogP contribution in [0.25, 0.3) is 88.3 Å². The van der Waals surface area contributed by atoms with Crippen LogP contribution in [-0.2, 0) is 5.41 Å². The topological polar surface area (TPSA) is 0 Å². The van der Waals surface area contributed by atoms with Gasteiger partial charge in [0.1, 0.15) is 0 Å². The molecule has 1 aliphatic carbocycles. The Morgan fingerprint density at radius 2 is 0.631 bits per heavy atom. The second-order valence-electron chi connectivity index (χ2n) is 17.6. The molecule has 0 N–H and O–H groups in total. The minimum atomic E-state index is -0.474. The van der Waals surface area contributed by atoms with Gasteiger partial charge in [0.25, 0.3) is 0 Å². The van der Waals surface area contributed by atoms with Crippen molar-refractivity contribution in [3.8, 4) is 66.8 Å². The highest BCUT2D eigenvalue weighted by Gasteiger charge is 2.46. The number of hydrogen-bond acceptors (Lipinski definition) is 0. The van der Waals surface area contributed by atoms with Gasteiger partial charge in [-0.25, -0.2) is 0 Å². The number of fused-ring (bicyclic) bond motifs is 5. The highest BCUT2D eigenvalue weighted by Crippen LogP contribution is 2.57. The Morgan fingerprint density at radius 1 is 0.246 bits per heavy atom. The van der Waals surface area contributed by atoms with Gasteiger partial charge in [0, 0.05) is 0 Å². The molecule has 0 atom stereocenters. The van der Waals surface area contributed by atoms with Crippen molar-refractivity contribution < 1.29 is 0 Å². The molecule has 11 aromatic carbocycles. The van der Waals surface area contributed by atoms with Crippen molar-refractivity contribution in [2.45, 2.75) is 19.3 Å². The average molecular weight is 827 g/mol. The lowest BCUT2D eigenvalue weighted by Gasteiger charge is -2.34. The lowest BCUT2D eigenvalue weighted by atomic mass is 9.67. The maximum atomic E-state index is 2.51. The van der Waals surface area contributed by atoms with E-state index in [-0.39, 0.29) is 0 Å². The van der Waals surface area contributed by atoms with E-state index in [1.165, 1.54) is 122 Å². The Kier molecular flexibility index (Phi) is 9.28. The summed E-state index contributed by atoms with van der Waals surface area (Å²) in [5.74, 6) is 0. The molecule has 0 heterocycles. The fourth-order valence-electron chi connectivity index (χ4n) is 11.1. The summed E-state index contributed by atoms with van der Waals surface area (Å²) in [6.07, 6.45) is 0. The quantitative estimate of drug-likeness (QED) is 0.140. The van der Waals surface area contributed by atoms with Crippen molar-refractivity contribution in [2.24, 2.45) is 0 Å². The molecule has 0 bridgehead atoms. The standard InChI is InChI=1S/C65H46/c1-43-19-9-11-25-53(43)49-39-48(40-50(41-49)54-26-12-10-20-44(54)2)45-33-35-46(36-34-45)63-57-28-13-15-30-59(57)64(60-31-16-14-29-58(60)63)47-37-38-56-55-27-17-18-32-61(55)65(62(56)42-47,51-21-5-3-6-22-51)52-23-7-4-8-24-52/h3-42H,1-2H3. The largest absolute Gasteiger partial charge is 0.0713 e. The average Bonchev–Trinajstić information content (AvgIpc) is 3.66. The molecular weight excluding hydrogens is 781 g/mol. The first-order valence-electron chi connectivity index (χ1n) is 22.7. The van der Waals surface area contributed by atoms with Crippen LogP contribution in [0, 0.1) is 13.8 Å². The summed E-state index contributed by atoms with van der Waals surface area (Å²) in [6, 6.07) is 90.3. The van der Waals surface area contributed by atoms with E-state index in [9.17, 15) is 0 Å². The van der Waals surface area contributed by atoms with Gasteiger partial charge in [0.05, 0.1) is 5.41 Å². The fourth-order valence-corrected chi connectivity index (χ4v) is 11.1. The van der Waals surface area contributed by atoms with Crippen LogP contribution >= 0.6 is 0 Å². The minimum Gasteiger partial charge on any atom is -0.0622 e. The molecule has 1 aliphatic rings. The van der Waals surface area contributed by atoms with Crippen molar-refractivity contribution in [1.29, 1.82) is 0 Å². The lowest BCUT2D eigenvalue weighted by molar-refractivity contribution is 0.769. The van der Waals surface area contributed by atoms with Crippen LogP contribution in [0.2, 0.25) is 0 Å². The fraction of sp³-hybridized carbons (Fsp3) is 0.0462. The monoisotopic (exact) mass is 826 g/mol. The third-order valence-corrected chi connectivity index (χ3v) is 14.0. The Hall–Kier alpha value is -8.06. The summed E-state index contributed by atoms with van der Waals surface area (Å²) in [5.41, 5.74) is 22.2. The normalized spacial score (nSPS) is 12.6. The summed E-state index contributed by atoms with van der Waals surface area (Å²) in [7, 11) is 0. The molecule has 11 aromatic rings. The van der Waals surface area contributed by atoms with E-state index in [1.54, 1.807) is 0 Å². The van der Waals surface area contributed by atoms with Crippen LogP contribution in [0.1, 0.15) is 33.4 Å². The first-order chi connectivity index (χ1) is 32.1. The van der Waals surface area contributed by atoms with E-state index >= 15 is 0 Å². The van der Waals surface area contributed by atoms with E-state index in [4.69, 9.17) is 0 Å². The molecule has 0 spiro atoms. The molecule has 0 fully saturated rings. The molecule has 306 valence electrons. The molecule has 0 saturated carbocycles. The van der Waals surface area contributed by atoms with Crippen molar-refractivity contribution in [1.82, 2.24) is 0 Å². The Morgan fingerprint density at radius 3 is 1.15 bits per heavy atom. The zero-order valence-electron chi connectivity index (χ0n) is 36.6. The van der Waals surface area contributed by atoms with E-state index in [0.29, 0.717) is 0 Å². The maximum absolute atomic E-state index is 2.51. The molecule has 65 heavy (non-hydrogen) atoms. The van der Waals surface area contributed by atoms with Gasteiger partial charge in [0.2, 0.25) is 0 Å². The van der Waals surface area contributed by atoms with Crippen LogP contribution in [0.15, 0.2) is 243 Å². The van der Waals surface area contributed by atoms with E-state index in [1.807, 2.05) is 0 Å². The third kappa shape index (κ3) is 6.21. The van der Waals surface area contributed by atoms with Crippen LogP contribution in [0.4, 0.5) is 0 Å². The molecule has 0 saturated heterocycles. The number of rotatable bonds is 7. The molecular formula is C65H46. The number of hydrogen-bond donors (Lipinski definition) is 0. The van der Waals surface area contributed by atoms with E-state index < -0.39 is 5.41 Å². The van der Waals surface area contributed by atoms with Gasteiger partial charge < -0.3 is 0 Å². The summed E-state index contributed by atoms with van der Waals surface area (Å²) in [5, 5.41) is 5.00. The summed E-state index contributed by atoms with van der Waals surface area (Å²) < 4.78 is 0. The van der Waals surface area contributed by atoms with Gasteiger partial charge in [-0.15, -0.1) is 0 Å². The molecule has 0 amide bonds. The molecule has 0 aromatic heterocycles. The predicted octanol–water partition coefficient (Wildman–Crippen LogP) is 17.3. The van der Waals surface area contributed by atoms with Gasteiger partial charge in [-0.2, -0.15) is 0 Å². The Balaban J connectivity index is 1.04. The molecule has 0 radical (unpaired) electrons. The van der Waals surface area contributed by atoms with Crippen molar-refractivity contribution in [2.75, 3.05) is 0 Å². The first kappa shape index (κ1) is 38.6. The van der Waals surface area contributed by atoms with Crippen LogP contribution in [0.3, 0.4) is 0 Å². The highest BCUT2D eigenvalue weighted by molar-refractivity contribution is 6.21. The lowest BCUT2D eigenvalue weighted by Crippen LogP contribution is -2.28. The van der Waals surface area contributed by atoms with Gasteiger partial charge in [0.15, 0.2) is 0 Å². The summed E-state index contributed by atoms with van der Waals surface area (Å²) >= 11 is 0. The SMILES string of the molecule is Cc1ccccc1-c1cc(-c2ccc(-c3c4ccccc4c(-c4ccc5c(c4)C(c4ccccc4)(c4ccccc4)c4ccccc4-5)c4ccccc34)cc2)cc(-c2ccccc2C)c1.